The largest absolute Gasteiger partial charge is 0.369 e. The van der Waals surface area contributed by atoms with Crippen LogP contribution in [0, 0.1) is 0 Å². The minimum absolute atomic E-state index is 0.146. The molecule has 41 heavy (non-hydrogen) atoms. The number of nitrogens with one attached hydrogen (secondary N) is 1. The molecule has 0 bridgehead atoms. The fraction of sp³-hybridized carbons (Fsp3) is 0.172. The number of anilines is 1. The lowest BCUT2D eigenvalue weighted by atomic mass is 9.92. The van der Waals surface area contributed by atoms with Crippen molar-refractivity contribution in [1.82, 2.24) is 4.90 Å². The summed E-state index contributed by atoms with van der Waals surface area (Å²) in [6.45, 7) is 3.81. The number of guanidine groups is 2. The van der Waals surface area contributed by atoms with Gasteiger partial charge in [0.2, 0.25) is 17.8 Å². The molecule has 2 amide bonds. The molecule has 0 saturated carbocycles. The van der Waals surface area contributed by atoms with Crippen molar-refractivity contribution < 1.29 is 9.59 Å². The van der Waals surface area contributed by atoms with Crippen molar-refractivity contribution in [3.63, 3.8) is 0 Å². The minimum atomic E-state index is -0.734. The van der Waals surface area contributed by atoms with E-state index in [1.165, 1.54) is 0 Å². The van der Waals surface area contributed by atoms with E-state index in [4.69, 9.17) is 22.9 Å². The number of nitrogens with zero attached hydrogens (tertiary/aromatic N) is 5. The molecular formula is C29H32N10O2. The average Bonchev–Trinajstić information content (AvgIpc) is 2.97. The van der Waals surface area contributed by atoms with Crippen molar-refractivity contribution in [3.8, 4) is 0 Å². The topological polar surface area (TPSA) is 203 Å². The third-order valence-electron chi connectivity index (χ3n) is 6.54. The number of benzene rings is 3. The standard InChI is InChI=1S/C29H32N10O2/c1-17(35-37-28(30)31)19-10-12-20(13-11-19)27(41)39-16-23-7-4-3-6-22(23)15-25(39)26(40)34-24-9-5-8-21(14-24)18(2)36-38-29(32)33/h3-14,25H,15-16H2,1-2H3,(H,34,40)(H4,30,31,37)(H4,32,33,38)/t25-/m0/s1. The van der Waals surface area contributed by atoms with Crippen LogP contribution in [0.25, 0.3) is 0 Å². The van der Waals surface area contributed by atoms with E-state index in [0.29, 0.717) is 35.6 Å². The molecule has 1 aliphatic heterocycles. The summed E-state index contributed by atoms with van der Waals surface area (Å²) in [5, 5.41) is 18.3. The Bertz CT molecular complexity index is 1570. The van der Waals surface area contributed by atoms with E-state index in [1.807, 2.05) is 30.3 Å². The van der Waals surface area contributed by atoms with Crippen molar-refractivity contribution in [3.05, 3.63) is 101 Å². The molecule has 0 fully saturated rings. The van der Waals surface area contributed by atoms with Crippen molar-refractivity contribution in [2.75, 3.05) is 5.32 Å². The van der Waals surface area contributed by atoms with Gasteiger partial charge in [-0.05, 0) is 60.4 Å². The highest BCUT2D eigenvalue weighted by atomic mass is 16.2. The van der Waals surface area contributed by atoms with Crippen LogP contribution in [0.5, 0.6) is 0 Å². The van der Waals surface area contributed by atoms with Gasteiger partial charge in [-0.3, -0.25) is 9.59 Å². The van der Waals surface area contributed by atoms with Crippen LogP contribution in [0.1, 0.15) is 46.5 Å². The van der Waals surface area contributed by atoms with Crippen LogP contribution in [-0.4, -0.2) is 46.1 Å². The van der Waals surface area contributed by atoms with Gasteiger partial charge in [0, 0.05) is 24.2 Å². The van der Waals surface area contributed by atoms with E-state index < -0.39 is 6.04 Å². The summed E-state index contributed by atoms with van der Waals surface area (Å²) in [6, 6.07) is 21.2. The lowest BCUT2D eigenvalue weighted by Crippen LogP contribution is -2.50. The fourth-order valence-electron chi connectivity index (χ4n) is 4.42. The van der Waals surface area contributed by atoms with Crippen LogP contribution >= 0.6 is 0 Å². The maximum Gasteiger partial charge on any atom is 0.254 e. The number of fused-ring (bicyclic) bond motifs is 1. The Labute approximate surface area is 237 Å². The van der Waals surface area contributed by atoms with E-state index in [0.717, 1.165) is 22.3 Å². The summed E-state index contributed by atoms with van der Waals surface area (Å²) in [6.07, 6.45) is 0.376. The SMILES string of the molecule is CC(=NN=C(N)N)c1ccc(C(=O)N2Cc3ccccc3C[C@H]2C(=O)Nc2cccc(C(C)=NN=C(N)N)c2)cc1. The highest BCUT2D eigenvalue weighted by molar-refractivity contribution is 6.04. The molecule has 1 heterocycles. The van der Waals surface area contributed by atoms with Gasteiger partial charge in [0.15, 0.2) is 0 Å². The molecule has 12 nitrogen and oxygen atoms in total. The number of hydrogen-bond acceptors (Lipinski definition) is 6. The van der Waals surface area contributed by atoms with Gasteiger partial charge in [0.1, 0.15) is 6.04 Å². The quantitative estimate of drug-likeness (QED) is 0.168. The minimum Gasteiger partial charge on any atom is -0.369 e. The summed E-state index contributed by atoms with van der Waals surface area (Å²) in [7, 11) is 0. The third kappa shape index (κ3) is 7.12. The lowest BCUT2D eigenvalue weighted by molar-refractivity contribution is -0.121. The Kier molecular flexibility index (Phi) is 8.72. The van der Waals surface area contributed by atoms with E-state index in [-0.39, 0.29) is 23.7 Å². The number of carbonyl (C=O) groups excluding carboxylic acids is 2. The normalized spacial score (nSPS) is 15.0. The molecular weight excluding hydrogens is 520 g/mol. The molecule has 1 aliphatic rings. The van der Waals surface area contributed by atoms with Crippen LogP contribution < -0.4 is 28.3 Å². The van der Waals surface area contributed by atoms with Crippen LogP contribution in [-0.2, 0) is 17.8 Å². The summed E-state index contributed by atoms with van der Waals surface area (Å²) >= 11 is 0. The van der Waals surface area contributed by atoms with Gasteiger partial charge in [0.05, 0.1) is 11.4 Å². The smallest absolute Gasteiger partial charge is 0.254 e. The van der Waals surface area contributed by atoms with E-state index in [2.05, 4.69) is 25.7 Å². The Hall–Kier alpha value is -5.52. The molecule has 210 valence electrons. The second kappa shape index (κ2) is 12.6. The van der Waals surface area contributed by atoms with Gasteiger partial charge >= 0.3 is 0 Å². The van der Waals surface area contributed by atoms with E-state index in [1.54, 1.807) is 61.2 Å². The Morgan fingerprint density at radius 1 is 0.732 bits per heavy atom. The molecule has 12 heteroatoms. The average molecular weight is 553 g/mol. The predicted octanol–water partition coefficient (Wildman–Crippen LogP) is 1.89. The molecule has 0 saturated heterocycles. The zero-order chi connectivity index (χ0) is 29.5. The number of nitrogens with two attached hydrogens (primary N) is 4. The summed E-state index contributed by atoms with van der Waals surface area (Å²) < 4.78 is 0. The van der Waals surface area contributed by atoms with Crippen molar-refractivity contribution in [2.45, 2.75) is 32.9 Å². The van der Waals surface area contributed by atoms with Gasteiger partial charge < -0.3 is 33.2 Å². The van der Waals surface area contributed by atoms with Crippen molar-refractivity contribution in [2.24, 2.45) is 43.3 Å². The first-order valence-corrected chi connectivity index (χ1v) is 12.8. The summed E-state index contributed by atoms with van der Waals surface area (Å²) in [4.78, 5) is 29.0. The Morgan fingerprint density at radius 3 is 1.95 bits per heavy atom. The molecule has 0 aliphatic carbocycles. The van der Waals surface area contributed by atoms with Crippen molar-refractivity contribution >= 4 is 40.8 Å². The van der Waals surface area contributed by atoms with E-state index >= 15 is 0 Å². The number of rotatable bonds is 7. The second-order valence-electron chi connectivity index (χ2n) is 9.49. The second-order valence-corrected chi connectivity index (χ2v) is 9.49. The Balaban J connectivity index is 1.59. The van der Waals surface area contributed by atoms with Crippen LogP contribution in [0.15, 0.2) is 93.2 Å². The van der Waals surface area contributed by atoms with Gasteiger partial charge in [-0.15, -0.1) is 10.2 Å². The maximum atomic E-state index is 13.8. The van der Waals surface area contributed by atoms with Crippen molar-refractivity contribution in [1.29, 1.82) is 0 Å². The monoisotopic (exact) mass is 552 g/mol. The molecule has 0 aromatic heterocycles. The Morgan fingerprint density at radius 2 is 1.32 bits per heavy atom. The zero-order valence-corrected chi connectivity index (χ0v) is 22.8. The lowest BCUT2D eigenvalue weighted by Gasteiger charge is -2.36. The fourth-order valence-corrected chi connectivity index (χ4v) is 4.42. The first-order chi connectivity index (χ1) is 19.6. The number of hydrogen-bond donors (Lipinski definition) is 5. The van der Waals surface area contributed by atoms with Crippen LogP contribution in [0.3, 0.4) is 0 Å². The van der Waals surface area contributed by atoms with Crippen LogP contribution in [0.4, 0.5) is 5.69 Å². The van der Waals surface area contributed by atoms with Crippen LogP contribution in [0.2, 0.25) is 0 Å². The molecule has 4 rings (SSSR count). The molecule has 3 aromatic rings. The highest BCUT2D eigenvalue weighted by Crippen LogP contribution is 2.26. The van der Waals surface area contributed by atoms with Gasteiger partial charge in [0.25, 0.3) is 5.91 Å². The molecule has 3 aromatic carbocycles. The van der Waals surface area contributed by atoms with E-state index in [9.17, 15) is 9.59 Å². The van der Waals surface area contributed by atoms with Gasteiger partial charge in [-0.2, -0.15) is 10.2 Å². The molecule has 0 unspecified atom stereocenters. The zero-order valence-electron chi connectivity index (χ0n) is 22.8. The first-order valence-electron chi connectivity index (χ1n) is 12.8. The highest BCUT2D eigenvalue weighted by Gasteiger charge is 2.35. The molecule has 1 atom stereocenters. The van der Waals surface area contributed by atoms with Gasteiger partial charge in [-0.1, -0.05) is 48.5 Å². The summed E-state index contributed by atoms with van der Waals surface area (Å²) in [5.74, 6) is -0.869. The number of carbonyl (C=O) groups is 2. The van der Waals surface area contributed by atoms with Gasteiger partial charge in [-0.25, -0.2) is 0 Å². The molecule has 0 radical (unpaired) electrons. The molecule has 0 spiro atoms. The predicted molar refractivity (Wildman–Crippen MR) is 161 cm³/mol. The first kappa shape index (κ1) is 28.5. The maximum absolute atomic E-state index is 13.8. The third-order valence-corrected chi connectivity index (χ3v) is 6.54. The number of amides is 2. The molecule has 9 N–H and O–H groups in total. The summed E-state index contributed by atoms with van der Waals surface area (Å²) in [5.41, 5.74) is 27.1.